The molecule has 1 rings (SSSR count). The Morgan fingerprint density at radius 3 is 2.63 bits per heavy atom. The van der Waals surface area contributed by atoms with E-state index in [1.54, 1.807) is 0 Å². The van der Waals surface area contributed by atoms with E-state index in [-0.39, 0.29) is 0 Å². The third-order valence-electron chi connectivity index (χ3n) is 2.92. The molecule has 0 fully saturated rings. The van der Waals surface area contributed by atoms with Gasteiger partial charge in [-0.05, 0) is 53.4 Å². The van der Waals surface area contributed by atoms with Crippen LogP contribution in [0.3, 0.4) is 0 Å². The number of hydrogen-bond donors (Lipinski definition) is 2. The highest BCUT2D eigenvalue weighted by atomic mass is 32.1. The summed E-state index contributed by atoms with van der Waals surface area (Å²) >= 11 is 5.11. The molecule has 0 unspecified atom stereocenters. The van der Waals surface area contributed by atoms with Crippen LogP contribution in [0.25, 0.3) is 0 Å². The maximum absolute atomic E-state index is 5.78. The summed E-state index contributed by atoms with van der Waals surface area (Å²) in [5.41, 5.74) is 9.52. The van der Waals surface area contributed by atoms with Crippen LogP contribution in [0.5, 0.6) is 0 Å². The fourth-order valence-corrected chi connectivity index (χ4v) is 2.31. The molecule has 0 aliphatic heterocycles. The Morgan fingerprint density at radius 2 is 2.05 bits per heavy atom. The maximum Gasteiger partial charge on any atom is 0.107 e. The molecule has 0 aliphatic carbocycles. The van der Waals surface area contributed by atoms with Crippen LogP contribution in [0.4, 0.5) is 5.69 Å². The molecule has 0 aromatic carbocycles. The monoisotopic (exact) mass is 280 g/mol. The molecule has 1 heterocycles. The van der Waals surface area contributed by atoms with E-state index in [1.807, 2.05) is 19.9 Å². The molecule has 0 saturated carbocycles. The van der Waals surface area contributed by atoms with Crippen LogP contribution in [-0.2, 0) is 0 Å². The standard InChI is InChI=1S/C14H24N4S/c1-10-9-12(13(14(15)19)11(2)17-10)16-7-5-6-8-18(3)4/h9H,5-8H2,1-4H3,(H2,15,19)(H,16,17). The number of nitrogens with two attached hydrogens (primary N) is 1. The van der Waals surface area contributed by atoms with Crippen molar-refractivity contribution in [3.63, 3.8) is 0 Å². The number of aryl methyl sites for hydroxylation is 2. The van der Waals surface area contributed by atoms with Crippen LogP contribution in [0.2, 0.25) is 0 Å². The first-order valence-corrected chi connectivity index (χ1v) is 6.99. The fourth-order valence-electron chi connectivity index (χ4n) is 2.06. The van der Waals surface area contributed by atoms with Gasteiger partial charge in [0.1, 0.15) is 4.99 Å². The van der Waals surface area contributed by atoms with Gasteiger partial charge in [0.2, 0.25) is 0 Å². The molecule has 0 radical (unpaired) electrons. The minimum Gasteiger partial charge on any atom is -0.389 e. The lowest BCUT2D eigenvalue weighted by Gasteiger charge is -2.15. The second-order valence-electron chi connectivity index (χ2n) is 5.07. The fraction of sp³-hybridized carbons (Fsp3) is 0.571. The smallest absolute Gasteiger partial charge is 0.107 e. The topological polar surface area (TPSA) is 54.2 Å². The summed E-state index contributed by atoms with van der Waals surface area (Å²) in [7, 11) is 4.18. The average Bonchev–Trinajstić information content (AvgIpc) is 2.26. The number of aromatic nitrogens is 1. The van der Waals surface area contributed by atoms with E-state index in [0.29, 0.717) is 4.99 Å². The lowest BCUT2D eigenvalue weighted by atomic mass is 10.1. The summed E-state index contributed by atoms with van der Waals surface area (Å²) < 4.78 is 0. The second-order valence-corrected chi connectivity index (χ2v) is 5.51. The van der Waals surface area contributed by atoms with E-state index in [4.69, 9.17) is 18.0 Å². The van der Waals surface area contributed by atoms with Crippen LogP contribution in [0.1, 0.15) is 29.8 Å². The minimum absolute atomic E-state index is 0.404. The molecule has 0 bridgehead atoms. The van der Waals surface area contributed by atoms with E-state index in [1.165, 1.54) is 6.42 Å². The average molecular weight is 280 g/mol. The van der Waals surface area contributed by atoms with Gasteiger partial charge in [0.25, 0.3) is 0 Å². The van der Waals surface area contributed by atoms with Crippen molar-refractivity contribution in [2.75, 3.05) is 32.5 Å². The summed E-state index contributed by atoms with van der Waals surface area (Å²) in [4.78, 5) is 7.01. The summed E-state index contributed by atoms with van der Waals surface area (Å²) in [5, 5.41) is 3.42. The Bertz CT molecular complexity index is 443. The zero-order valence-electron chi connectivity index (χ0n) is 12.3. The van der Waals surface area contributed by atoms with Crippen LogP contribution in [0.15, 0.2) is 6.07 Å². The predicted molar refractivity (Wildman–Crippen MR) is 85.9 cm³/mol. The lowest BCUT2D eigenvalue weighted by molar-refractivity contribution is 0.396. The van der Waals surface area contributed by atoms with Gasteiger partial charge in [-0.1, -0.05) is 12.2 Å². The van der Waals surface area contributed by atoms with E-state index in [0.717, 1.165) is 42.1 Å². The number of hydrogen-bond acceptors (Lipinski definition) is 4. The normalized spacial score (nSPS) is 10.8. The van der Waals surface area contributed by atoms with Gasteiger partial charge in [-0.25, -0.2) is 0 Å². The first-order chi connectivity index (χ1) is 8.91. The minimum atomic E-state index is 0.404. The lowest BCUT2D eigenvalue weighted by Crippen LogP contribution is -2.18. The highest BCUT2D eigenvalue weighted by molar-refractivity contribution is 7.80. The zero-order chi connectivity index (χ0) is 14.4. The van der Waals surface area contributed by atoms with Gasteiger partial charge in [-0.3, -0.25) is 4.98 Å². The molecule has 19 heavy (non-hydrogen) atoms. The van der Waals surface area contributed by atoms with Gasteiger partial charge < -0.3 is 16.0 Å². The van der Waals surface area contributed by atoms with Crippen molar-refractivity contribution >= 4 is 22.9 Å². The number of thiocarbonyl (C=S) groups is 1. The van der Waals surface area contributed by atoms with Crippen LogP contribution < -0.4 is 11.1 Å². The second kappa shape index (κ2) is 7.40. The van der Waals surface area contributed by atoms with Gasteiger partial charge in [-0.15, -0.1) is 0 Å². The molecule has 1 aromatic rings. The number of nitrogens with one attached hydrogen (secondary N) is 1. The number of nitrogens with zero attached hydrogens (tertiary/aromatic N) is 2. The molecule has 5 heteroatoms. The molecule has 0 spiro atoms. The first-order valence-electron chi connectivity index (χ1n) is 6.58. The molecular weight excluding hydrogens is 256 g/mol. The molecule has 0 atom stereocenters. The maximum atomic E-state index is 5.78. The molecular formula is C14H24N4S. The predicted octanol–water partition coefficient (Wildman–Crippen LogP) is 2.09. The number of anilines is 1. The Kier molecular flexibility index (Phi) is 6.18. The third kappa shape index (κ3) is 5.12. The van der Waals surface area contributed by atoms with Crippen molar-refractivity contribution in [1.29, 1.82) is 0 Å². The number of rotatable bonds is 7. The van der Waals surface area contributed by atoms with Crippen molar-refractivity contribution < 1.29 is 0 Å². The summed E-state index contributed by atoms with van der Waals surface area (Å²) in [6.45, 7) is 5.96. The van der Waals surface area contributed by atoms with Gasteiger partial charge in [0, 0.05) is 23.6 Å². The van der Waals surface area contributed by atoms with Crippen molar-refractivity contribution in [3.05, 3.63) is 23.0 Å². The Morgan fingerprint density at radius 1 is 1.37 bits per heavy atom. The van der Waals surface area contributed by atoms with Crippen LogP contribution in [-0.4, -0.2) is 42.1 Å². The van der Waals surface area contributed by atoms with E-state index in [2.05, 4.69) is 29.3 Å². The zero-order valence-corrected chi connectivity index (χ0v) is 13.1. The Balaban J connectivity index is 2.64. The quantitative estimate of drug-likeness (QED) is 0.591. The molecule has 106 valence electrons. The Labute approximate surface area is 121 Å². The molecule has 0 aliphatic rings. The number of unbranched alkanes of at least 4 members (excludes halogenated alkanes) is 1. The highest BCUT2D eigenvalue weighted by Crippen LogP contribution is 2.19. The van der Waals surface area contributed by atoms with Crippen molar-refractivity contribution in [3.8, 4) is 0 Å². The third-order valence-corrected chi connectivity index (χ3v) is 3.13. The molecule has 0 saturated heterocycles. The number of pyridine rings is 1. The summed E-state index contributed by atoms with van der Waals surface area (Å²) in [5.74, 6) is 0. The van der Waals surface area contributed by atoms with Gasteiger partial charge >= 0.3 is 0 Å². The van der Waals surface area contributed by atoms with E-state index >= 15 is 0 Å². The largest absolute Gasteiger partial charge is 0.389 e. The van der Waals surface area contributed by atoms with Gasteiger partial charge in [0.15, 0.2) is 0 Å². The van der Waals surface area contributed by atoms with Crippen LogP contribution in [0, 0.1) is 13.8 Å². The first kappa shape index (κ1) is 15.9. The van der Waals surface area contributed by atoms with Gasteiger partial charge in [-0.2, -0.15) is 0 Å². The molecule has 4 nitrogen and oxygen atoms in total. The molecule has 3 N–H and O–H groups in total. The molecule has 1 aromatic heterocycles. The highest BCUT2D eigenvalue weighted by Gasteiger charge is 2.10. The van der Waals surface area contributed by atoms with Crippen molar-refractivity contribution in [2.45, 2.75) is 26.7 Å². The van der Waals surface area contributed by atoms with E-state index in [9.17, 15) is 0 Å². The molecule has 0 amide bonds. The van der Waals surface area contributed by atoms with Gasteiger partial charge in [0.05, 0.1) is 5.56 Å². The van der Waals surface area contributed by atoms with E-state index < -0.39 is 0 Å². The summed E-state index contributed by atoms with van der Waals surface area (Å²) in [6, 6.07) is 2.01. The SMILES string of the molecule is Cc1cc(NCCCCN(C)C)c(C(N)=S)c(C)n1. The van der Waals surface area contributed by atoms with Crippen molar-refractivity contribution in [1.82, 2.24) is 9.88 Å². The summed E-state index contributed by atoms with van der Waals surface area (Å²) in [6.07, 6.45) is 2.29. The van der Waals surface area contributed by atoms with Crippen LogP contribution >= 0.6 is 12.2 Å². The Hall–Kier alpha value is -1.20. The van der Waals surface area contributed by atoms with Crippen molar-refractivity contribution in [2.24, 2.45) is 5.73 Å².